The molecule has 0 bridgehead atoms. The summed E-state index contributed by atoms with van der Waals surface area (Å²) in [5.74, 6) is 0.299. The number of pyridine rings is 1. The highest BCUT2D eigenvalue weighted by atomic mass is 16.4. The maximum atomic E-state index is 11.1. The molecule has 2 N–H and O–H groups in total. The average Bonchev–Trinajstić information content (AvgIpc) is 2.63. The standard InChI is InChI=1S/C13H18N2O2/c1-8-3-5-10(7-8)15-12-11(13(16)17)6-4-9(2)14-12/h4,6,8,10H,3,5,7H2,1-2H3,(H,14,15)(H,16,17). The van der Waals surface area contributed by atoms with Gasteiger partial charge in [0.25, 0.3) is 0 Å². The maximum Gasteiger partial charge on any atom is 0.339 e. The van der Waals surface area contributed by atoms with Gasteiger partial charge in [-0.25, -0.2) is 9.78 Å². The Bertz CT molecular complexity index is 431. The lowest BCUT2D eigenvalue weighted by Crippen LogP contribution is -2.19. The summed E-state index contributed by atoms with van der Waals surface area (Å²) in [6.07, 6.45) is 3.39. The number of rotatable bonds is 3. The lowest BCUT2D eigenvalue weighted by atomic mass is 10.1. The molecule has 0 amide bonds. The number of hydrogen-bond donors (Lipinski definition) is 2. The van der Waals surface area contributed by atoms with Crippen LogP contribution in [0.25, 0.3) is 0 Å². The fourth-order valence-electron chi connectivity index (χ4n) is 2.37. The van der Waals surface area contributed by atoms with Crippen LogP contribution in [0.5, 0.6) is 0 Å². The Balaban J connectivity index is 2.19. The van der Waals surface area contributed by atoms with Gasteiger partial charge in [0.15, 0.2) is 0 Å². The van der Waals surface area contributed by atoms with E-state index in [-0.39, 0.29) is 5.56 Å². The zero-order valence-corrected chi connectivity index (χ0v) is 10.2. The van der Waals surface area contributed by atoms with Gasteiger partial charge in [-0.3, -0.25) is 0 Å². The minimum absolute atomic E-state index is 0.259. The van der Waals surface area contributed by atoms with Gasteiger partial charge in [0.05, 0.1) is 0 Å². The summed E-state index contributed by atoms with van der Waals surface area (Å²) in [5, 5.41) is 12.4. The van der Waals surface area contributed by atoms with Gasteiger partial charge in [0.2, 0.25) is 0 Å². The number of aromatic carboxylic acids is 1. The normalized spacial score (nSPS) is 23.6. The van der Waals surface area contributed by atoms with Crippen LogP contribution in [0.15, 0.2) is 12.1 Å². The SMILES string of the molecule is Cc1ccc(C(=O)O)c(NC2CCC(C)C2)n1. The van der Waals surface area contributed by atoms with E-state index in [2.05, 4.69) is 17.2 Å². The Labute approximate surface area is 101 Å². The van der Waals surface area contributed by atoms with E-state index in [0.717, 1.165) is 18.5 Å². The zero-order chi connectivity index (χ0) is 12.4. The first-order valence-electron chi connectivity index (χ1n) is 6.03. The molecule has 0 aliphatic heterocycles. The third kappa shape index (κ3) is 2.75. The van der Waals surface area contributed by atoms with Gasteiger partial charge in [-0.05, 0) is 44.2 Å². The van der Waals surface area contributed by atoms with Crippen LogP contribution in [-0.2, 0) is 0 Å². The number of aromatic nitrogens is 1. The number of nitrogens with zero attached hydrogens (tertiary/aromatic N) is 1. The van der Waals surface area contributed by atoms with Gasteiger partial charge in [-0.1, -0.05) is 6.92 Å². The van der Waals surface area contributed by atoms with Gasteiger partial charge in [-0.15, -0.1) is 0 Å². The smallest absolute Gasteiger partial charge is 0.339 e. The number of carboxylic acid groups (broad SMARTS) is 1. The Morgan fingerprint density at radius 2 is 2.24 bits per heavy atom. The predicted octanol–water partition coefficient (Wildman–Crippen LogP) is 2.69. The fourth-order valence-corrected chi connectivity index (χ4v) is 2.37. The average molecular weight is 234 g/mol. The first kappa shape index (κ1) is 11.9. The van der Waals surface area contributed by atoms with Crippen molar-refractivity contribution in [1.82, 2.24) is 4.98 Å². The van der Waals surface area contributed by atoms with Crippen LogP contribution in [0.2, 0.25) is 0 Å². The third-order valence-corrected chi connectivity index (χ3v) is 3.30. The highest BCUT2D eigenvalue weighted by Gasteiger charge is 2.23. The number of carboxylic acids is 1. The Morgan fingerprint density at radius 3 is 2.82 bits per heavy atom. The molecule has 2 atom stereocenters. The second-order valence-electron chi connectivity index (χ2n) is 4.91. The first-order chi connectivity index (χ1) is 8.06. The molecule has 4 nitrogen and oxygen atoms in total. The largest absolute Gasteiger partial charge is 0.478 e. The van der Waals surface area contributed by atoms with Crippen molar-refractivity contribution in [1.29, 1.82) is 0 Å². The molecule has 0 spiro atoms. The van der Waals surface area contributed by atoms with Crippen LogP contribution in [0.4, 0.5) is 5.82 Å². The molecule has 92 valence electrons. The van der Waals surface area contributed by atoms with E-state index in [1.165, 1.54) is 6.42 Å². The molecule has 1 aromatic heterocycles. The number of hydrogen-bond acceptors (Lipinski definition) is 3. The molecule has 0 aromatic carbocycles. The molecular formula is C13H18N2O2. The van der Waals surface area contributed by atoms with Crippen LogP contribution in [0.1, 0.15) is 42.2 Å². The lowest BCUT2D eigenvalue weighted by Gasteiger charge is -2.15. The molecule has 1 fully saturated rings. The lowest BCUT2D eigenvalue weighted by molar-refractivity contribution is 0.0697. The number of nitrogens with one attached hydrogen (secondary N) is 1. The predicted molar refractivity (Wildman–Crippen MR) is 66.4 cm³/mol. The van der Waals surface area contributed by atoms with Crippen LogP contribution in [0, 0.1) is 12.8 Å². The molecule has 2 unspecified atom stereocenters. The van der Waals surface area contributed by atoms with Crippen LogP contribution in [-0.4, -0.2) is 22.1 Å². The molecule has 1 aliphatic rings. The summed E-state index contributed by atoms with van der Waals surface area (Å²) in [6, 6.07) is 3.70. The Kier molecular flexibility index (Phi) is 3.31. The van der Waals surface area contributed by atoms with Gasteiger partial charge in [0.1, 0.15) is 11.4 Å². The van der Waals surface area contributed by atoms with Crippen molar-refractivity contribution in [2.45, 2.75) is 39.2 Å². The minimum Gasteiger partial charge on any atom is -0.478 e. The monoisotopic (exact) mass is 234 g/mol. The summed E-state index contributed by atoms with van der Waals surface area (Å²) < 4.78 is 0. The second kappa shape index (κ2) is 4.73. The maximum absolute atomic E-state index is 11.1. The minimum atomic E-state index is -0.925. The summed E-state index contributed by atoms with van der Waals surface area (Å²) in [7, 11) is 0. The van der Waals surface area contributed by atoms with E-state index in [4.69, 9.17) is 5.11 Å². The quantitative estimate of drug-likeness (QED) is 0.844. The molecule has 2 rings (SSSR count). The van der Waals surface area contributed by atoms with Crippen molar-refractivity contribution >= 4 is 11.8 Å². The van der Waals surface area contributed by atoms with Crippen molar-refractivity contribution in [3.05, 3.63) is 23.4 Å². The van der Waals surface area contributed by atoms with Crippen LogP contribution < -0.4 is 5.32 Å². The van der Waals surface area contributed by atoms with Crippen molar-refractivity contribution < 1.29 is 9.90 Å². The van der Waals surface area contributed by atoms with Crippen LogP contribution >= 0.6 is 0 Å². The molecule has 17 heavy (non-hydrogen) atoms. The molecule has 1 saturated carbocycles. The van der Waals surface area contributed by atoms with Gasteiger partial charge >= 0.3 is 5.97 Å². The van der Waals surface area contributed by atoms with Gasteiger partial charge in [-0.2, -0.15) is 0 Å². The highest BCUT2D eigenvalue weighted by molar-refractivity contribution is 5.93. The number of aryl methyl sites for hydroxylation is 1. The van der Waals surface area contributed by atoms with E-state index in [1.807, 2.05) is 6.92 Å². The number of anilines is 1. The van der Waals surface area contributed by atoms with E-state index in [0.29, 0.717) is 17.8 Å². The molecule has 1 aliphatic carbocycles. The molecule has 1 aromatic rings. The fraction of sp³-hybridized carbons (Fsp3) is 0.538. The van der Waals surface area contributed by atoms with Crippen molar-refractivity contribution in [2.24, 2.45) is 5.92 Å². The van der Waals surface area contributed by atoms with Crippen molar-refractivity contribution in [3.63, 3.8) is 0 Å². The summed E-state index contributed by atoms with van der Waals surface area (Å²) in [5.41, 5.74) is 1.10. The summed E-state index contributed by atoms with van der Waals surface area (Å²) in [6.45, 7) is 4.09. The van der Waals surface area contributed by atoms with E-state index >= 15 is 0 Å². The van der Waals surface area contributed by atoms with Crippen molar-refractivity contribution in [2.75, 3.05) is 5.32 Å². The molecule has 1 heterocycles. The molecule has 4 heteroatoms. The number of carbonyl (C=O) groups is 1. The van der Waals surface area contributed by atoms with Crippen LogP contribution in [0.3, 0.4) is 0 Å². The molecule has 0 radical (unpaired) electrons. The first-order valence-corrected chi connectivity index (χ1v) is 6.03. The van der Waals surface area contributed by atoms with E-state index < -0.39 is 5.97 Å². The molecule has 0 saturated heterocycles. The Morgan fingerprint density at radius 1 is 1.47 bits per heavy atom. The zero-order valence-electron chi connectivity index (χ0n) is 10.2. The Hall–Kier alpha value is -1.58. The third-order valence-electron chi connectivity index (χ3n) is 3.30. The highest BCUT2D eigenvalue weighted by Crippen LogP contribution is 2.28. The molecular weight excluding hydrogens is 216 g/mol. The summed E-state index contributed by atoms with van der Waals surface area (Å²) >= 11 is 0. The second-order valence-corrected chi connectivity index (χ2v) is 4.91. The van der Waals surface area contributed by atoms with Crippen molar-refractivity contribution in [3.8, 4) is 0 Å². The van der Waals surface area contributed by atoms with Gasteiger partial charge in [0, 0.05) is 11.7 Å². The summed E-state index contributed by atoms with van der Waals surface area (Å²) in [4.78, 5) is 15.4. The topological polar surface area (TPSA) is 62.2 Å². The van der Waals surface area contributed by atoms with E-state index in [9.17, 15) is 4.79 Å². The van der Waals surface area contributed by atoms with E-state index in [1.54, 1.807) is 12.1 Å². The van der Waals surface area contributed by atoms with Gasteiger partial charge < -0.3 is 10.4 Å².